The normalized spacial score (nSPS) is 14.8. The Bertz CT molecular complexity index is 292. The number of ether oxygens (including phenoxy) is 1. The van der Waals surface area contributed by atoms with Crippen LogP contribution < -0.4 is 0 Å². The highest BCUT2D eigenvalue weighted by molar-refractivity contribution is 5.24. The quantitative estimate of drug-likeness (QED) is 0.802. The summed E-state index contributed by atoms with van der Waals surface area (Å²) < 4.78 is 5.07. The fraction of sp³-hybridized carbons (Fsp3) is 0.571. The SMILES string of the molecule is CCc1ccc(C(O)CC(C)COC)cc1. The topological polar surface area (TPSA) is 29.5 Å². The second kappa shape index (κ2) is 6.66. The summed E-state index contributed by atoms with van der Waals surface area (Å²) in [7, 11) is 1.69. The second-order valence-corrected chi connectivity index (χ2v) is 4.41. The number of methoxy groups -OCH3 is 1. The summed E-state index contributed by atoms with van der Waals surface area (Å²) in [5.41, 5.74) is 2.31. The average molecular weight is 222 g/mol. The molecule has 1 N–H and O–H groups in total. The largest absolute Gasteiger partial charge is 0.388 e. The molecule has 2 unspecified atom stereocenters. The highest BCUT2D eigenvalue weighted by Crippen LogP contribution is 2.21. The first kappa shape index (κ1) is 13.2. The van der Waals surface area contributed by atoms with Crippen molar-refractivity contribution in [2.45, 2.75) is 32.8 Å². The monoisotopic (exact) mass is 222 g/mol. The van der Waals surface area contributed by atoms with Crippen LogP contribution in [-0.2, 0) is 11.2 Å². The Hall–Kier alpha value is -0.860. The molecule has 1 aromatic carbocycles. The Labute approximate surface area is 98.3 Å². The zero-order valence-electron chi connectivity index (χ0n) is 10.4. The van der Waals surface area contributed by atoms with Crippen LogP contribution in [0.4, 0.5) is 0 Å². The van der Waals surface area contributed by atoms with E-state index in [9.17, 15) is 5.11 Å². The van der Waals surface area contributed by atoms with E-state index >= 15 is 0 Å². The first-order valence-corrected chi connectivity index (χ1v) is 5.93. The van der Waals surface area contributed by atoms with Crippen molar-refractivity contribution in [3.05, 3.63) is 35.4 Å². The van der Waals surface area contributed by atoms with Gasteiger partial charge in [-0.25, -0.2) is 0 Å². The van der Waals surface area contributed by atoms with E-state index in [-0.39, 0.29) is 6.10 Å². The van der Waals surface area contributed by atoms with E-state index in [4.69, 9.17) is 4.74 Å². The van der Waals surface area contributed by atoms with Gasteiger partial charge in [0.05, 0.1) is 6.10 Å². The summed E-state index contributed by atoms with van der Waals surface area (Å²) in [6.07, 6.45) is 1.41. The minimum absolute atomic E-state index is 0.379. The fourth-order valence-electron chi connectivity index (χ4n) is 1.85. The molecule has 2 nitrogen and oxygen atoms in total. The van der Waals surface area contributed by atoms with Crippen molar-refractivity contribution in [3.63, 3.8) is 0 Å². The van der Waals surface area contributed by atoms with Crippen LogP contribution in [0.1, 0.15) is 37.5 Å². The summed E-state index contributed by atoms with van der Waals surface area (Å²) in [5.74, 6) is 0.380. The van der Waals surface area contributed by atoms with Gasteiger partial charge >= 0.3 is 0 Å². The second-order valence-electron chi connectivity index (χ2n) is 4.41. The molecule has 1 aromatic rings. The summed E-state index contributed by atoms with van der Waals surface area (Å²) in [6.45, 7) is 4.92. The van der Waals surface area contributed by atoms with E-state index in [0.717, 1.165) is 18.4 Å². The van der Waals surface area contributed by atoms with Crippen molar-refractivity contribution in [1.29, 1.82) is 0 Å². The molecular formula is C14H22O2. The van der Waals surface area contributed by atoms with Gasteiger partial charge < -0.3 is 9.84 Å². The molecule has 2 atom stereocenters. The third-order valence-electron chi connectivity index (χ3n) is 2.85. The number of aliphatic hydroxyl groups is 1. The highest BCUT2D eigenvalue weighted by atomic mass is 16.5. The van der Waals surface area contributed by atoms with Gasteiger partial charge in [-0.1, -0.05) is 38.1 Å². The molecule has 16 heavy (non-hydrogen) atoms. The lowest BCUT2D eigenvalue weighted by molar-refractivity contribution is 0.102. The van der Waals surface area contributed by atoms with Crippen LogP contribution in [0.3, 0.4) is 0 Å². The van der Waals surface area contributed by atoms with E-state index < -0.39 is 0 Å². The van der Waals surface area contributed by atoms with Crippen molar-refractivity contribution in [2.75, 3.05) is 13.7 Å². The standard InChI is InChI=1S/C14H22O2/c1-4-12-5-7-13(8-6-12)14(15)9-11(2)10-16-3/h5-8,11,14-15H,4,9-10H2,1-3H3. The van der Waals surface area contributed by atoms with Crippen LogP contribution in [-0.4, -0.2) is 18.8 Å². The lowest BCUT2D eigenvalue weighted by Gasteiger charge is -2.16. The maximum atomic E-state index is 10.0. The van der Waals surface area contributed by atoms with Gasteiger partial charge in [-0.05, 0) is 29.9 Å². The Morgan fingerprint density at radius 1 is 1.25 bits per heavy atom. The molecule has 0 spiro atoms. The minimum atomic E-state index is -0.379. The predicted molar refractivity (Wildman–Crippen MR) is 66.4 cm³/mol. The summed E-state index contributed by atoms with van der Waals surface area (Å²) in [4.78, 5) is 0. The lowest BCUT2D eigenvalue weighted by Crippen LogP contribution is -2.09. The molecule has 0 aliphatic heterocycles. The zero-order valence-corrected chi connectivity index (χ0v) is 10.4. The van der Waals surface area contributed by atoms with Crippen molar-refractivity contribution in [2.24, 2.45) is 5.92 Å². The molecule has 0 heterocycles. The Balaban J connectivity index is 2.55. The molecule has 90 valence electrons. The van der Waals surface area contributed by atoms with Gasteiger partial charge in [0.25, 0.3) is 0 Å². The number of rotatable bonds is 6. The Morgan fingerprint density at radius 2 is 1.88 bits per heavy atom. The lowest BCUT2D eigenvalue weighted by atomic mass is 9.98. The third-order valence-corrected chi connectivity index (χ3v) is 2.85. The van der Waals surface area contributed by atoms with Crippen LogP contribution in [0.2, 0.25) is 0 Å². The molecule has 0 aliphatic carbocycles. The molecule has 2 heteroatoms. The smallest absolute Gasteiger partial charge is 0.0793 e. The fourth-order valence-corrected chi connectivity index (χ4v) is 1.85. The number of aryl methyl sites for hydroxylation is 1. The van der Waals surface area contributed by atoms with E-state index in [1.807, 2.05) is 12.1 Å². The number of benzene rings is 1. The van der Waals surface area contributed by atoms with Gasteiger partial charge in [0.1, 0.15) is 0 Å². The van der Waals surface area contributed by atoms with Crippen molar-refractivity contribution in [3.8, 4) is 0 Å². The van der Waals surface area contributed by atoms with Crippen LogP contribution in [0.15, 0.2) is 24.3 Å². The third kappa shape index (κ3) is 3.95. The summed E-state index contributed by atoms with van der Waals surface area (Å²) in [6, 6.07) is 8.20. The number of hydrogen-bond acceptors (Lipinski definition) is 2. The molecular weight excluding hydrogens is 200 g/mol. The highest BCUT2D eigenvalue weighted by Gasteiger charge is 2.12. The van der Waals surface area contributed by atoms with E-state index in [0.29, 0.717) is 12.5 Å². The minimum Gasteiger partial charge on any atom is -0.388 e. The van der Waals surface area contributed by atoms with Gasteiger partial charge in [-0.2, -0.15) is 0 Å². The summed E-state index contributed by atoms with van der Waals surface area (Å²) in [5, 5.41) is 10.0. The first-order chi connectivity index (χ1) is 7.67. The zero-order chi connectivity index (χ0) is 12.0. The summed E-state index contributed by atoms with van der Waals surface area (Å²) >= 11 is 0. The van der Waals surface area contributed by atoms with E-state index in [1.165, 1.54) is 5.56 Å². The van der Waals surface area contributed by atoms with Gasteiger partial charge in [0, 0.05) is 13.7 Å². The number of aliphatic hydroxyl groups excluding tert-OH is 1. The molecule has 0 saturated heterocycles. The number of hydrogen-bond donors (Lipinski definition) is 1. The molecule has 1 rings (SSSR count). The van der Waals surface area contributed by atoms with Gasteiger partial charge in [0.2, 0.25) is 0 Å². The molecule has 0 aromatic heterocycles. The molecule has 0 radical (unpaired) electrons. The van der Waals surface area contributed by atoms with Crippen LogP contribution >= 0.6 is 0 Å². The van der Waals surface area contributed by atoms with E-state index in [2.05, 4.69) is 26.0 Å². The first-order valence-electron chi connectivity index (χ1n) is 5.93. The van der Waals surface area contributed by atoms with Crippen molar-refractivity contribution in [1.82, 2.24) is 0 Å². The van der Waals surface area contributed by atoms with Crippen molar-refractivity contribution >= 4 is 0 Å². The predicted octanol–water partition coefficient (Wildman–Crippen LogP) is 2.96. The van der Waals surface area contributed by atoms with Gasteiger partial charge in [0.15, 0.2) is 0 Å². The Kier molecular flexibility index (Phi) is 5.50. The van der Waals surface area contributed by atoms with Crippen LogP contribution in [0.25, 0.3) is 0 Å². The molecule has 0 fully saturated rings. The molecule has 0 saturated carbocycles. The molecule has 0 aliphatic rings. The van der Waals surface area contributed by atoms with Gasteiger partial charge in [-0.3, -0.25) is 0 Å². The van der Waals surface area contributed by atoms with Crippen LogP contribution in [0, 0.1) is 5.92 Å². The average Bonchev–Trinajstić information content (AvgIpc) is 2.29. The maximum Gasteiger partial charge on any atom is 0.0793 e. The van der Waals surface area contributed by atoms with Crippen molar-refractivity contribution < 1.29 is 9.84 Å². The van der Waals surface area contributed by atoms with Gasteiger partial charge in [-0.15, -0.1) is 0 Å². The molecule has 0 amide bonds. The van der Waals surface area contributed by atoms with E-state index in [1.54, 1.807) is 7.11 Å². The molecule has 0 bridgehead atoms. The Morgan fingerprint density at radius 3 is 2.38 bits per heavy atom. The maximum absolute atomic E-state index is 10.0. The van der Waals surface area contributed by atoms with Crippen LogP contribution in [0.5, 0.6) is 0 Å².